The molecule has 0 saturated heterocycles. The average molecular weight is 940 g/mol. The molecule has 6 aromatic heterocycles. The fourth-order valence-corrected chi connectivity index (χ4v) is 10.1. The summed E-state index contributed by atoms with van der Waals surface area (Å²) in [4.78, 5) is 47.7. The average Bonchev–Trinajstić information content (AvgIpc) is 4.29. The predicted octanol–water partition coefficient (Wildman–Crippen LogP) is 11.7. The fraction of sp³-hybridized carbons (Fsp3) is 0.100. The molecule has 4 aromatic carbocycles. The minimum Gasteiger partial charge on any atom is -0.354 e. The molecule has 0 spiro atoms. The number of nitrogens with zero attached hydrogens (tertiary/aromatic N) is 8. The number of aryl methyl sites for hydroxylation is 3. The number of imidazole rings is 3. The number of hydrogen-bond acceptors (Lipinski definition) is 6. The number of carbonyl (C=O) groups excluding carboxylic acids is 1. The van der Waals surface area contributed by atoms with Gasteiger partial charge < -0.3 is 29.0 Å². The molecule has 12 nitrogen and oxygen atoms in total. The highest BCUT2D eigenvalue weighted by molar-refractivity contribution is 6.06. The Morgan fingerprint density at radius 2 is 0.931 bits per heavy atom. The molecule has 0 saturated carbocycles. The molecule has 10 aromatic rings. The summed E-state index contributed by atoms with van der Waals surface area (Å²) in [6, 6.07) is 47.3. The van der Waals surface area contributed by atoms with E-state index in [1.54, 1.807) is 12.4 Å². The minimum atomic E-state index is -0.290. The minimum absolute atomic E-state index is 0.204. The molecule has 0 radical (unpaired) electrons. The molecule has 2 aliphatic heterocycles. The molecule has 12 heteroatoms. The van der Waals surface area contributed by atoms with E-state index in [-0.39, 0.29) is 11.8 Å². The van der Waals surface area contributed by atoms with Crippen molar-refractivity contribution in [2.45, 2.75) is 12.3 Å². The van der Waals surface area contributed by atoms with Crippen molar-refractivity contribution in [2.24, 2.45) is 21.1 Å². The van der Waals surface area contributed by atoms with Gasteiger partial charge in [0.2, 0.25) is 0 Å². The molecule has 72 heavy (non-hydrogen) atoms. The molecule has 12 rings (SSSR count). The van der Waals surface area contributed by atoms with Gasteiger partial charge in [-0.3, -0.25) is 4.79 Å². The molecule has 0 aliphatic carbocycles. The summed E-state index contributed by atoms with van der Waals surface area (Å²) in [5, 5.41) is 3.24. The zero-order chi connectivity index (χ0) is 48.7. The standard InChI is InChI=1S/C60H49N11O/c1-69-35-33-61-57(69)56(58-62-34-36-70(58)2)59-64-41(37-71(59)3)31-32-63-60(72)43-22-14-13-21-42(43)55-50-29-27-48(67-50)53(39-17-9-5-10-18-39)46-25-23-44(65-46)52(38-15-7-4-8-16-38)45-24-26-47(66-45)54(40-19-11-6-12-20-40)49-28-30-51(55)68-49/h4-30,33-37,56,65,68H,31-32H2,1-3H3,(H,63,72). The van der Waals surface area contributed by atoms with Gasteiger partial charge in [0.15, 0.2) is 0 Å². The quantitative estimate of drug-likeness (QED) is 0.118. The summed E-state index contributed by atoms with van der Waals surface area (Å²) < 4.78 is 6.04. The Hall–Kier alpha value is -9.42. The molecule has 2 aliphatic rings. The molecule has 0 fully saturated rings. The van der Waals surface area contributed by atoms with Crippen molar-refractivity contribution in [1.29, 1.82) is 0 Å². The van der Waals surface area contributed by atoms with Crippen LogP contribution in [0.2, 0.25) is 0 Å². The Morgan fingerprint density at radius 1 is 0.500 bits per heavy atom. The van der Waals surface area contributed by atoms with E-state index in [0.717, 1.165) is 107 Å². The van der Waals surface area contributed by atoms with Crippen molar-refractivity contribution >= 4 is 52.3 Å². The van der Waals surface area contributed by atoms with E-state index >= 15 is 0 Å². The normalized spacial score (nSPS) is 12.0. The molecule has 350 valence electrons. The second kappa shape index (κ2) is 18.5. The first-order valence-corrected chi connectivity index (χ1v) is 24.0. The summed E-state index contributed by atoms with van der Waals surface area (Å²) in [7, 11) is 5.95. The van der Waals surface area contributed by atoms with Crippen LogP contribution in [-0.2, 0) is 27.6 Å². The maximum Gasteiger partial charge on any atom is 0.251 e. The van der Waals surface area contributed by atoms with Crippen LogP contribution < -0.4 is 5.32 Å². The summed E-state index contributed by atoms with van der Waals surface area (Å²) in [6.45, 7) is 0.362. The van der Waals surface area contributed by atoms with Crippen molar-refractivity contribution in [3.05, 3.63) is 222 Å². The number of nitrogens with one attached hydrogen (secondary N) is 3. The molecular formula is C60H49N11O. The highest BCUT2D eigenvalue weighted by atomic mass is 16.1. The van der Waals surface area contributed by atoms with Gasteiger partial charge in [0.1, 0.15) is 23.4 Å². The fourth-order valence-electron chi connectivity index (χ4n) is 10.1. The molecule has 0 atom stereocenters. The van der Waals surface area contributed by atoms with Crippen LogP contribution in [-0.4, -0.2) is 61.0 Å². The van der Waals surface area contributed by atoms with Crippen LogP contribution in [0, 0.1) is 0 Å². The van der Waals surface area contributed by atoms with E-state index in [0.29, 0.717) is 24.2 Å². The lowest BCUT2D eigenvalue weighted by molar-refractivity contribution is 0.0954. The van der Waals surface area contributed by atoms with Gasteiger partial charge in [-0.1, -0.05) is 109 Å². The number of rotatable bonds is 11. The van der Waals surface area contributed by atoms with Gasteiger partial charge in [0.25, 0.3) is 5.91 Å². The van der Waals surface area contributed by atoms with E-state index in [4.69, 9.17) is 24.9 Å². The maximum atomic E-state index is 14.6. The Kier molecular flexibility index (Phi) is 11.3. The summed E-state index contributed by atoms with van der Waals surface area (Å²) in [6.07, 6.45) is 18.3. The number of H-pyrrole nitrogens is 2. The van der Waals surface area contributed by atoms with Crippen molar-refractivity contribution < 1.29 is 4.79 Å². The van der Waals surface area contributed by atoms with Gasteiger partial charge in [-0.2, -0.15) is 0 Å². The topological polar surface area (TPSA) is 140 Å². The second-order valence-electron chi connectivity index (χ2n) is 18.1. The first-order chi connectivity index (χ1) is 35.4. The largest absolute Gasteiger partial charge is 0.354 e. The summed E-state index contributed by atoms with van der Waals surface area (Å²) in [5.74, 6) is 2.00. The number of aromatic nitrogens is 10. The van der Waals surface area contributed by atoms with E-state index in [2.05, 4.69) is 112 Å². The number of fused-ring (bicyclic) bond motifs is 8. The highest BCUT2D eigenvalue weighted by Gasteiger charge is 2.29. The lowest BCUT2D eigenvalue weighted by atomic mass is 9.97. The van der Waals surface area contributed by atoms with Crippen LogP contribution >= 0.6 is 0 Å². The molecule has 8 bridgehead atoms. The van der Waals surface area contributed by atoms with Gasteiger partial charge in [-0.15, -0.1) is 0 Å². The number of carbonyl (C=O) groups is 1. The van der Waals surface area contributed by atoms with Crippen molar-refractivity contribution in [3.8, 4) is 44.5 Å². The number of hydrogen-bond donors (Lipinski definition) is 3. The Labute approximate surface area is 415 Å². The number of aromatic amines is 2. The lowest BCUT2D eigenvalue weighted by Crippen LogP contribution is -2.26. The van der Waals surface area contributed by atoms with E-state index in [1.807, 2.05) is 120 Å². The summed E-state index contributed by atoms with van der Waals surface area (Å²) >= 11 is 0. The van der Waals surface area contributed by atoms with Crippen molar-refractivity contribution in [3.63, 3.8) is 0 Å². The molecule has 1 amide bonds. The number of benzene rings is 4. The van der Waals surface area contributed by atoms with Crippen LogP contribution in [0.3, 0.4) is 0 Å². The Morgan fingerprint density at radius 3 is 1.39 bits per heavy atom. The van der Waals surface area contributed by atoms with Crippen LogP contribution in [0.1, 0.15) is 62.2 Å². The van der Waals surface area contributed by atoms with Gasteiger partial charge in [0.05, 0.1) is 28.5 Å². The zero-order valence-electron chi connectivity index (χ0n) is 40.0. The van der Waals surface area contributed by atoms with Crippen LogP contribution in [0.5, 0.6) is 0 Å². The molecule has 8 heterocycles. The Bertz CT molecular complexity index is 3830. The smallest absolute Gasteiger partial charge is 0.251 e. The van der Waals surface area contributed by atoms with Gasteiger partial charge in [0, 0.05) is 115 Å². The van der Waals surface area contributed by atoms with Crippen LogP contribution in [0.15, 0.2) is 171 Å². The first kappa shape index (κ1) is 43.8. The van der Waals surface area contributed by atoms with Gasteiger partial charge in [-0.25, -0.2) is 24.9 Å². The SMILES string of the molecule is Cn1ccnc1C(c1nccn1C)c1nc(CCNC(=O)c2ccccc2-c2c3nc(c(-c4ccccc4)c4ccc([nH]4)c(-c4ccccc4)c4nc(c(-c5ccccc5)c5ccc2[nH]5)C=C4)C=C3)cn1C. The molecular weight excluding hydrogens is 891 g/mol. The third-order valence-electron chi connectivity index (χ3n) is 13.5. The first-order valence-electron chi connectivity index (χ1n) is 24.0. The van der Waals surface area contributed by atoms with E-state index in [1.165, 1.54) is 0 Å². The molecule has 0 unspecified atom stereocenters. The molecule has 3 N–H and O–H groups in total. The van der Waals surface area contributed by atoms with E-state index in [9.17, 15) is 4.79 Å². The third kappa shape index (κ3) is 8.04. The summed E-state index contributed by atoms with van der Waals surface area (Å²) in [5.41, 5.74) is 15.6. The van der Waals surface area contributed by atoms with Gasteiger partial charge in [-0.05, 0) is 76.9 Å². The zero-order valence-corrected chi connectivity index (χ0v) is 40.0. The van der Waals surface area contributed by atoms with E-state index < -0.39 is 0 Å². The second-order valence-corrected chi connectivity index (χ2v) is 18.1. The van der Waals surface area contributed by atoms with Gasteiger partial charge >= 0.3 is 0 Å². The van der Waals surface area contributed by atoms with Crippen molar-refractivity contribution in [1.82, 2.24) is 53.9 Å². The van der Waals surface area contributed by atoms with Crippen LogP contribution in [0.4, 0.5) is 0 Å². The highest BCUT2D eigenvalue weighted by Crippen LogP contribution is 2.39. The monoisotopic (exact) mass is 939 g/mol. The predicted molar refractivity (Wildman–Crippen MR) is 287 cm³/mol. The third-order valence-corrected chi connectivity index (χ3v) is 13.5. The lowest BCUT2D eigenvalue weighted by Gasteiger charge is -2.16. The maximum absolute atomic E-state index is 14.6. The Balaban J connectivity index is 0.999. The van der Waals surface area contributed by atoms with Crippen molar-refractivity contribution in [2.75, 3.05) is 6.54 Å². The number of amides is 1. The van der Waals surface area contributed by atoms with Crippen LogP contribution in [0.25, 0.3) is 90.9 Å².